The van der Waals surface area contributed by atoms with Crippen LogP contribution in [0.2, 0.25) is 0 Å². The number of anilines is 1. The molecule has 2 aromatic rings. The summed E-state index contributed by atoms with van der Waals surface area (Å²) in [6.45, 7) is 0. The van der Waals surface area contributed by atoms with Crippen molar-refractivity contribution in [1.29, 1.82) is 0 Å². The van der Waals surface area contributed by atoms with Gasteiger partial charge in [0.05, 0.1) is 11.0 Å². The number of para-hydroxylation sites is 2. The van der Waals surface area contributed by atoms with Gasteiger partial charge in [0.15, 0.2) is 0 Å². The molecule has 0 radical (unpaired) electrons. The molecular formula is C18H24N4O2. The summed E-state index contributed by atoms with van der Waals surface area (Å²) in [5.74, 6) is 0.502. The first kappa shape index (κ1) is 16.5. The molecule has 0 spiro atoms. The molecule has 0 bridgehead atoms. The minimum Gasteiger partial charge on any atom is -0.359 e. The molecular weight excluding hydrogens is 304 g/mol. The van der Waals surface area contributed by atoms with E-state index < -0.39 is 0 Å². The summed E-state index contributed by atoms with van der Waals surface area (Å²) in [6, 6.07) is 8.40. The molecule has 1 aromatic carbocycles. The van der Waals surface area contributed by atoms with Gasteiger partial charge in [-0.15, -0.1) is 0 Å². The van der Waals surface area contributed by atoms with Crippen molar-refractivity contribution in [3.05, 3.63) is 24.3 Å². The first-order chi connectivity index (χ1) is 11.7. The second-order valence-corrected chi connectivity index (χ2v) is 6.31. The minimum atomic E-state index is -0.0894. The van der Waals surface area contributed by atoms with E-state index in [1.54, 1.807) is 7.05 Å². The van der Waals surface area contributed by atoms with Crippen LogP contribution < -0.4 is 10.6 Å². The van der Waals surface area contributed by atoms with Gasteiger partial charge in [-0.25, -0.2) is 4.98 Å². The van der Waals surface area contributed by atoms with E-state index in [0.717, 1.165) is 23.9 Å². The maximum absolute atomic E-state index is 12.2. The summed E-state index contributed by atoms with van der Waals surface area (Å²) in [5, 5.41) is 5.52. The lowest BCUT2D eigenvalue weighted by Crippen LogP contribution is -2.20. The van der Waals surface area contributed by atoms with Crippen LogP contribution in [0.25, 0.3) is 11.0 Å². The largest absolute Gasteiger partial charge is 0.359 e. The van der Waals surface area contributed by atoms with Crippen LogP contribution in [0.3, 0.4) is 0 Å². The number of amides is 2. The van der Waals surface area contributed by atoms with Gasteiger partial charge in [0.25, 0.3) is 0 Å². The minimum absolute atomic E-state index is 0.0407. The van der Waals surface area contributed by atoms with E-state index in [4.69, 9.17) is 0 Å². The summed E-state index contributed by atoms with van der Waals surface area (Å²) < 4.78 is 2.18. The Labute approximate surface area is 141 Å². The van der Waals surface area contributed by atoms with Crippen molar-refractivity contribution in [1.82, 2.24) is 14.9 Å². The number of benzene rings is 1. The SMILES string of the molecule is CNC(=O)CCCC(=O)Nc1nc2ccccc2n1C1CCCC1. The predicted molar refractivity (Wildman–Crippen MR) is 93.8 cm³/mol. The maximum Gasteiger partial charge on any atom is 0.226 e. The van der Waals surface area contributed by atoms with Crippen LogP contribution in [0, 0.1) is 0 Å². The van der Waals surface area contributed by atoms with E-state index in [2.05, 4.69) is 26.3 Å². The van der Waals surface area contributed by atoms with E-state index in [1.807, 2.05) is 18.2 Å². The molecule has 1 aromatic heterocycles. The number of carbonyl (C=O) groups is 2. The standard InChI is InChI=1S/C18H24N4O2/c1-19-16(23)11-6-12-17(24)21-18-20-14-9-4-5-10-15(14)22(18)13-7-2-3-8-13/h4-5,9-10,13H,2-3,6-8,11-12H2,1H3,(H,19,23)(H,20,21,24). The molecule has 2 amide bonds. The number of aromatic nitrogens is 2. The van der Waals surface area contributed by atoms with E-state index >= 15 is 0 Å². The molecule has 0 saturated heterocycles. The van der Waals surface area contributed by atoms with Crippen molar-refractivity contribution < 1.29 is 9.59 Å². The molecule has 6 heteroatoms. The molecule has 24 heavy (non-hydrogen) atoms. The fraction of sp³-hybridized carbons (Fsp3) is 0.500. The van der Waals surface area contributed by atoms with Crippen molar-refractivity contribution in [3.8, 4) is 0 Å². The Balaban J connectivity index is 1.74. The summed E-state index contributed by atoms with van der Waals surface area (Å²) in [7, 11) is 1.60. The Morgan fingerprint density at radius 3 is 2.62 bits per heavy atom. The Kier molecular flexibility index (Phi) is 5.13. The third-order valence-electron chi connectivity index (χ3n) is 4.62. The predicted octanol–water partition coefficient (Wildman–Crippen LogP) is 3.01. The Hall–Kier alpha value is -2.37. The molecule has 1 heterocycles. The zero-order valence-electron chi connectivity index (χ0n) is 14.0. The molecule has 128 valence electrons. The lowest BCUT2D eigenvalue weighted by Gasteiger charge is -2.16. The van der Waals surface area contributed by atoms with Crippen LogP contribution in [0.15, 0.2) is 24.3 Å². The Morgan fingerprint density at radius 2 is 1.88 bits per heavy atom. The molecule has 1 aliphatic rings. The Morgan fingerprint density at radius 1 is 1.17 bits per heavy atom. The smallest absolute Gasteiger partial charge is 0.226 e. The highest BCUT2D eigenvalue weighted by molar-refractivity contribution is 5.91. The van der Waals surface area contributed by atoms with Gasteiger partial charge in [-0.1, -0.05) is 25.0 Å². The molecule has 0 unspecified atom stereocenters. The lowest BCUT2D eigenvalue weighted by atomic mass is 10.2. The quantitative estimate of drug-likeness (QED) is 0.856. The van der Waals surface area contributed by atoms with Gasteiger partial charge < -0.3 is 9.88 Å². The first-order valence-corrected chi connectivity index (χ1v) is 8.66. The highest BCUT2D eigenvalue weighted by Gasteiger charge is 2.23. The van der Waals surface area contributed by atoms with Crippen LogP contribution >= 0.6 is 0 Å². The van der Waals surface area contributed by atoms with Crippen LogP contribution in [0.5, 0.6) is 0 Å². The lowest BCUT2D eigenvalue weighted by molar-refractivity contribution is -0.120. The average molecular weight is 328 g/mol. The summed E-state index contributed by atoms with van der Waals surface area (Å²) in [6.07, 6.45) is 5.91. The van der Waals surface area contributed by atoms with Crippen molar-refractivity contribution >= 4 is 28.8 Å². The fourth-order valence-electron chi connectivity index (χ4n) is 3.39. The maximum atomic E-state index is 12.2. The van der Waals surface area contributed by atoms with Gasteiger partial charge in [0.2, 0.25) is 17.8 Å². The number of carbonyl (C=O) groups excluding carboxylic acids is 2. The van der Waals surface area contributed by atoms with E-state index in [9.17, 15) is 9.59 Å². The number of hydrogen-bond acceptors (Lipinski definition) is 3. The molecule has 6 nitrogen and oxygen atoms in total. The van der Waals surface area contributed by atoms with E-state index in [-0.39, 0.29) is 11.8 Å². The second-order valence-electron chi connectivity index (χ2n) is 6.31. The van der Waals surface area contributed by atoms with E-state index in [0.29, 0.717) is 31.3 Å². The fourth-order valence-corrected chi connectivity index (χ4v) is 3.39. The van der Waals surface area contributed by atoms with Crippen molar-refractivity contribution in [3.63, 3.8) is 0 Å². The highest BCUT2D eigenvalue weighted by atomic mass is 16.2. The summed E-state index contributed by atoms with van der Waals surface area (Å²) >= 11 is 0. The third kappa shape index (κ3) is 3.58. The van der Waals surface area contributed by atoms with Gasteiger partial charge >= 0.3 is 0 Å². The third-order valence-corrected chi connectivity index (χ3v) is 4.62. The molecule has 1 aliphatic carbocycles. The molecule has 1 fully saturated rings. The number of rotatable bonds is 6. The van der Waals surface area contributed by atoms with E-state index in [1.165, 1.54) is 12.8 Å². The average Bonchev–Trinajstić information content (AvgIpc) is 3.21. The number of hydrogen-bond donors (Lipinski definition) is 2. The second kappa shape index (κ2) is 7.47. The monoisotopic (exact) mass is 328 g/mol. The molecule has 2 N–H and O–H groups in total. The Bertz CT molecular complexity index is 732. The molecule has 3 rings (SSSR count). The van der Waals surface area contributed by atoms with Crippen molar-refractivity contribution in [2.45, 2.75) is 51.0 Å². The number of imidazole rings is 1. The van der Waals surface area contributed by atoms with Crippen molar-refractivity contribution in [2.75, 3.05) is 12.4 Å². The van der Waals surface area contributed by atoms with Crippen LogP contribution in [0.4, 0.5) is 5.95 Å². The van der Waals surface area contributed by atoms with Crippen LogP contribution in [-0.4, -0.2) is 28.4 Å². The zero-order valence-corrected chi connectivity index (χ0v) is 14.0. The highest BCUT2D eigenvalue weighted by Crippen LogP contribution is 2.35. The van der Waals surface area contributed by atoms with Crippen molar-refractivity contribution in [2.24, 2.45) is 0 Å². The van der Waals surface area contributed by atoms with Gasteiger partial charge in [0.1, 0.15) is 0 Å². The van der Waals surface area contributed by atoms with Crippen LogP contribution in [-0.2, 0) is 9.59 Å². The van der Waals surface area contributed by atoms with Gasteiger partial charge in [-0.3, -0.25) is 14.9 Å². The van der Waals surface area contributed by atoms with Gasteiger partial charge in [-0.2, -0.15) is 0 Å². The summed E-state index contributed by atoms with van der Waals surface area (Å²) in [5.41, 5.74) is 1.98. The molecule has 0 aliphatic heterocycles. The number of nitrogens with zero attached hydrogens (tertiary/aromatic N) is 2. The molecule has 1 saturated carbocycles. The van der Waals surface area contributed by atoms with Gasteiger partial charge in [0, 0.05) is 25.9 Å². The first-order valence-electron chi connectivity index (χ1n) is 8.66. The normalized spacial score (nSPS) is 14.9. The number of nitrogens with one attached hydrogen (secondary N) is 2. The number of fused-ring (bicyclic) bond motifs is 1. The van der Waals surface area contributed by atoms with Crippen LogP contribution in [0.1, 0.15) is 51.0 Å². The topological polar surface area (TPSA) is 76.0 Å². The molecule has 0 atom stereocenters. The van der Waals surface area contributed by atoms with Gasteiger partial charge in [-0.05, 0) is 31.4 Å². The zero-order chi connectivity index (χ0) is 16.9. The summed E-state index contributed by atoms with van der Waals surface area (Å²) in [4.78, 5) is 28.1.